The molecule has 1 saturated heterocycles. The summed E-state index contributed by atoms with van der Waals surface area (Å²) in [6, 6.07) is 0. The largest absolute Gasteiger partial charge is 0.387 e. The number of rotatable bonds is 3. The van der Waals surface area contributed by atoms with Gasteiger partial charge in [0.25, 0.3) is 11.5 Å². The third-order valence-corrected chi connectivity index (χ3v) is 7.70. The van der Waals surface area contributed by atoms with Crippen LogP contribution in [0.2, 0.25) is 0 Å². The Morgan fingerprint density at radius 3 is 3.00 bits per heavy atom. The van der Waals surface area contributed by atoms with Gasteiger partial charge in [0.05, 0.1) is 15.9 Å². The molecule has 4 rings (SSSR count). The molecule has 2 N–H and O–H groups in total. The summed E-state index contributed by atoms with van der Waals surface area (Å²) in [6.45, 7) is 2.77. The van der Waals surface area contributed by atoms with E-state index in [9.17, 15) is 14.7 Å². The Morgan fingerprint density at radius 1 is 1.38 bits per heavy atom. The molecule has 0 saturated carbocycles. The van der Waals surface area contributed by atoms with Crippen LogP contribution < -0.4 is 10.9 Å². The Hall–Kier alpha value is -1.38. The molecule has 0 aromatic carbocycles. The molecule has 1 fully saturated rings. The fraction of sp³-hybridized carbons (Fsp3) is 0.611. The molecule has 2 aliphatic heterocycles. The van der Waals surface area contributed by atoms with Gasteiger partial charge in [0.1, 0.15) is 10.7 Å². The molecule has 2 aliphatic rings. The Morgan fingerprint density at radius 2 is 2.23 bits per heavy atom. The highest BCUT2D eigenvalue weighted by Gasteiger charge is 2.32. The molecule has 0 bridgehead atoms. The maximum absolute atomic E-state index is 13.0. The van der Waals surface area contributed by atoms with E-state index in [1.54, 1.807) is 16.3 Å². The lowest BCUT2D eigenvalue weighted by Gasteiger charge is -2.21. The van der Waals surface area contributed by atoms with E-state index in [1.165, 1.54) is 11.3 Å². The van der Waals surface area contributed by atoms with E-state index in [0.29, 0.717) is 39.4 Å². The fourth-order valence-electron chi connectivity index (χ4n) is 3.69. The maximum Gasteiger partial charge on any atom is 0.262 e. The average molecular weight is 394 g/mol. The van der Waals surface area contributed by atoms with E-state index in [-0.39, 0.29) is 18.0 Å². The lowest BCUT2D eigenvalue weighted by molar-refractivity contribution is 0.0614. The molecule has 140 valence electrons. The third kappa shape index (κ3) is 3.18. The van der Waals surface area contributed by atoms with Gasteiger partial charge >= 0.3 is 0 Å². The summed E-state index contributed by atoms with van der Waals surface area (Å²) >= 11 is 2.98. The van der Waals surface area contributed by atoms with E-state index in [0.717, 1.165) is 37.3 Å². The first-order valence-electron chi connectivity index (χ1n) is 9.10. The standard InChI is InChI=1S/C18H23N3O3S2/c1-11-13-16(20-12-5-3-2-4-7-21(12)17(13)23)26-14(11)15(22)19-9-18(24)6-8-25-10-18/h24H,2-10H2,1H3,(H,19,22). The molecule has 1 unspecified atom stereocenters. The lowest BCUT2D eigenvalue weighted by Crippen LogP contribution is -2.42. The number of hydrogen-bond acceptors (Lipinski definition) is 6. The lowest BCUT2D eigenvalue weighted by atomic mass is 10.0. The van der Waals surface area contributed by atoms with Crippen LogP contribution in [0.5, 0.6) is 0 Å². The molecule has 0 aliphatic carbocycles. The Bertz CT molecular complexity index is 913. The minimum Gasteiger partial charge on any atom is -0.387 e. The Kier molecular flexibility index (Phi) is 4.83. The number of thioether (sulfide) groups is 1. The van der Waals surface area contributed by atoms with Crippen molar-refractivity contribution >= 4 is 39.2 Å². The fourth-order valence-corrected chi connectivity index (χ4v) is 6.09. The number of aryl methyl sites for hydroxylation is 2. The topological polar surface area (TPSA) is 84.2 Å². The first kappa shape index (κ1) is 18.0. The predicted molar refractivity (Wildman–Crippen MR) is 105 cm³/mol. The zero-order valence-electron chi connectivity index (χ0n) is 14.8. The second-order valence-electron chi connectivity index (χ2n) is 7.24. The smallest absolute Gasteiger partial charge is 0.262 e. The van der Waals surface area contributed by atoms with Crippen molar-refractivity contribution < 1.29 is 9.90 Å². The zero-order chi connectivity index (χ0) is 18.3. The molecular formula is C18H23N3O3S2. The molecular weight excluding hydrogens is 370 g/mol. The van der Waals surface area contributed by atoms with Gasteiger partial charge in [0.2, 0.25) is 0 Å². The summed E-state index contributed by atoms with van der Waals surface area (Å²) in [4.78, 5) is 31.5. The number of nitrogens with zero attached hydrogens (tertiary/aromatic N) is 2. The summed E-state index contributed by atoms with van der Waals surface area (Å²) in [7, 11) is 0. The highest BCUT2D eigenvalue weighted by atomic mass is 32.2. The van der Waals surface area contributed by atoms with Crippen LogP contribution in [0.4, 0.5) is 0 Å². The van der Waals surface area contributed by atoms with Crippen LogP contribution in [-0.4, -0.2) is 44.2 Å². The van der Waals surface area contributed by atoms with Crippen LogP contribution in [-0.2, 0) is 13.0 Å². The van der Waals surface area contributed by atoms with E-state index in [4.69, 9.17) is 4.98 Å². The molecule has 8 heteroatoms. The van der Waals surface area contributed by atoms with Crippen LogP contribution in [0.15, 0.2) is 4.79 Å². The van der Waals surface area contributed by atoms with E-state index < -0.39 is 5.60 Å². The molecule has 26 heavy (non-hydrogen) atoms. The summed E-state index contributed by atoms with van der Waals surface area (Å²) < 4.78 is 1.79. The van der Waals surface area contributed by atoms with E-state index >= 15 is 0 Å². The van der Waals surface area contributed by atoms with E-state index in [1.807, 2.05) is 6.92 Å². The maximum atomic E-state index is 13.0. The normalized spacial score (nSPS) is 23.0. The van der Waals surface area contributed by atoms with Crippen LogP contribution in [0.3, 0.4) is 0 Å². The highest BCUT2D eigenvalue weighted by molar-refractivity contribution is 7.99. The number of aliphatic hydroxyl groups is 1. The summed E-state index contributed by atoms with van der Waals surface area (Å²) in [6.07, 6.45) is 4.66. The molecule has 0 spiro atoms. The number of carbonyl (C=O) groups is 1. The van der Waals surface area contributed by atoms with E-state index in [2.05, 4.69) is 5.32 Å². The SMILES string of the molecule is Cc1c(C(=O)NCC2(O)CCSC2)sc2nc3n(c(=O)c12)CCCCC3. The van der Waals surface area contributed by atoms with Gasteiger partial charge in [-0.1, -0.05) is 6.42 Å². The molecule has 0 radical (unpaired) electrons. The van der Waals surface area contributed by atoms with Gasteiger partial charge in [0.15, 0.2) is 0 Å². The summed E-state index contributed by atoms with van der Waals surface area (Å²) in [5, 5.41) is 13.8. The molecule has 2 aromatic rings. The minimum absolute atomic E-state index is 0.0227. The Balaban J connectivity index is 1.66. The van der Waals surface area contributed by atoms with Crippen molar-refractivity contribution in [3.05, 3.63) is 26.6 Å². The second-order valence-corrected chi connectivity index (χ2v) is 9.35. The van der Waals surface area contributed by atoms with Gasteiger partial charge in [-0.3, -0.25) is 14.2 Å². The first-order valence-corrected chi connectivity index (χ1v) is 11.1. The number of fused-ring (bicyclic) bond motifs is 2. The zero-order valence-corrected chi connectivity index (χ0v) is 16.5. The van der Waals surface area contributed by atoms with Crippen molar-refractivity contribution in [1.29, 1.82) is 0 Å². The number of thiophene rings is 1. The predicted octanol–water partition coefficient (Wildman–Crippen LogP) is 2.09. The van der Waals surface area contributed by atoms with Gasteiger partial charge < -0.3 is 10.4 Å². The average Bonchev–Trinajstić information content (AvgIpc) is 3.09. The minimum atomic E-state index is -0.819. The summed E-state index contributed by atoms with van der Waals surface area (Å²) in [5.41, 5.74) is -0.141. The van der Waals surface area contributed by atoms with Crippen molar-refractivity contribution in [3.63, 3.8) is 0 Å². The quantitative estimate of drug-likeness (QED) is 0.834. The second kappa shape index (κ2) is 6.98. The number of hydrogen-bond donors (Lipinski definition) is 2. The van der Waals surface area contributed by atoms with Crippen LogP contribution in [0, 0.1) is 6.92 Å². The van der Waals surface area contributed by atoms with Crippen molar-refractivity contribution in [2.75, 3.05) is 18.1 Å². The number of amides is 1. The highest BCUT2D eigenvalue weighted by Crippen LogP contribution is 2.30. The van der Waals surface area contributed by atoms with Crippen LogP contribution in [0.25, 0.3) is 10.2 Å². The number of aromatic nitrogens is 2. The van der Waals surface area contributed by atoms with Gasteiger partial charge in [-0.2, -0.15) is 11.8 Å². The molecule has 1 atom stereocenters. The van der Waals surface area contributed by atoms with Gasteiger partial charge in [-0.15, -0.1) is 11.3 Å². The van der Waals surface area contributed by atoms with Crippen LogP contribution in [0.1, 0.15) is 46.7 Å². The molecule has 2 aromatic heterocycles. The van der Waals surface area contributed by atoms with Crippen molar-refractivity contribution in [1.82, 2.24) is 14.9 Å². The molecule has 4 heterocycles. The first-order chi connectivity index (χ1) is 12.5. The number of carbonyl (C=O) groups excluding carboxylic acids is 1. The van der Waals surface area contributed by atoms with Gasteiger partial charge in [0, 0.05) is 25.3 Å². The van der Waals surface area contributed by atoms with Crippen molar-refractivity contribution in [2.24, 2.45) is 0 Å². The van der Waals surface area contributed by atoms with Gasteiger partial charge in [-0.25, -0.2) is 4.98 Å². The number of nitrogens with one attached hydrogen (secondary N) is 1. The molecule has 6 nitrogen and oxygen atoms in total. The van der Waals surface area contributed by atoms with Crippen molar-refractivity contribution in [3.8, 4) is 0 Å². The van der Waals surface area contributed by atoms with Gasteiger partial charge in [-0.05, 0) is 37.5 Å². The monoisotopic (exact) mass is 393 g/mol. The molecule has 1 amide bonds. The van der Waals surface area contributed by atoms with Crippen LogP contribution >= 0.6 is 23.1 Å². The Labute approximate surface area is 160 Å². The van der Waals surface area contributed by atoms with Crippen molar-refractivity contribution in [2.45, 2.75) is 51.2 Å². The third-order valence-electron chi connectivity index (χ3n) is 5.28. The summed E-state index contributed by atoms with van der Waals surface area (Å²) in [5.74, 6) is 2.18.